The van der Waals surface area contributed by atoms with Gasteiger partial charge in [0.15, 0.2) is 0 Å². The van der Waals surface area contributed by atoms with Gasteiger partial charge in [-0.2, -0.15) is 0 Å². The first-order valence-electron chi connectivity index (χ1n) is 9.17. The molecule has 0 aromatic heterocycles. The molecule has 1 aliphatic carbocycles. The predicted molar refractivity (Wildman–Crippen MR) is 95.3 cm³/mol. The van der Waals surface area contributed by atoms with Crippen molar-refractivity contribution in [2.45, 2.75) is 57.4 Å². The number of hydrogen-bond acceptors (Lipinski definition) is 4. The van der Waals surface area contributed by atoms with E-state index in [-0.39, 0.29) is 23.2 Å². The van der Waals surface area contributed by atoms with Crippen molar-refractivity contribution in [3.05, 3.63) is 35.9 Å². The van der Waals surface area contributed by atoms with Crippen molar-refractivity contribution in [1.29, 1.82) is 0 Å². The molecule has 0 bridgehead atoms. The molecule has 25 heavy (non-hydrogen) atoms. The van der Waals surface area contributed by atoms with E-state index in [0.717, 1.165) is 19.5 Å². The molecule has 1 aromatic rings. The molecule has 1 spiro atoms. The largest absolute Gasteiger partial charge is 0.444 e. The van der Waals surface area contributed by atoms with Gasteiger partial charge in [-0.25, -0.2) is 4.79 Å². The highest BCUT2D eigenvalue weighted by atomic mass is 16.6. The normalized spacial score (nSPS) is 35.0. The fourth-order valence-electron chi connectivity index (χ4n) is 4.58. The van der Waals surface area contributed by atoms with E-state index in [1.165, 1.54) is 5.56 Å². The monoisotopic (exact) mass is 344 g/mol. The number of likely N-dealkylation sites (tertiary alicyclic amines) is 1. The molecule has 4 rings (SSSR count). The third-order valence-electron chi connectivity index (χ3n) is 6.02. The summed E-state index contributed by atoms with van der Waals surface area (Å²) < 4.78 is 11.5. The minimum absolute atomic E-state index is 0.0486. The van der Waals surface area contributed by atoms with Gasteiger partial charge < -0.3 is 14.8 Å². The molecule has 2 heterocycles. The van der Waals surface area contributed by atoms with Crippen molar-refractivity contribution in [3.63, 3.8) is 0 Å². The predicted octanol–water partition coefficient (Wildman–Crippen LogP) is 3.12. The van der Waals surface area contributed by atoms with Gasteiger partial charge in [0.05, 0.1) is 18.2 Å². The Bertz CT molecular complexity index is 671. The summed E-state index contributed by atoms with van der Waals surface area (Å²) in [5, 5.41) is 3.20. The lowest BCUT2D eigenvalue weighted by molar-refractivity contribution is 0.0378. The van der Waals surface area contributed by atoms with Crippen LogP contribution in [-0.2, 0) is 9.47 Å². The summed E-state index contributed by atoms with van der Waals surface area (Å²) in [6.07, 6.45) is 0.966. The van der Waals surface area contributed by atoms with E-state index in [2.05, 4.69) is 41.4 Å². The van der Waals surface area contributed by atoms with Crippen LogP contribution in [0.2, 0.25) is 0 Å². The third-order valence-corrected chi connectivity index (χ3v) is 6.02. The second kappa shape index (κ2) is 5.45. The Kier molecular flexibility index (Phi) is 3.68. The van der Waals surface area contributed by atoms with E-state index < -0.39 is 5.60 Å². The number of carbonyl (C=O) groups is 1. The van der Waals surface area contributed by atoms with Gasteiger partial charge in [-0.05, 0) is 39.7 Å². The van der Waals surface area contributed by atoms with E-state index in [1.807, 2.05) is 26.8 Å². The average molecular weight is 344 g/mol. The average Bonchev–Trinajstić information content (AvgIpc) is 3.03. The number of nitrogens with one attached hydrogen (secondary N) is 1. The molecule has 3 aliphatic rings. The highest BCUT2D eigenvalue weighted by Gasteiger charge is 2.76. The molecule has 4 atom stereocenters. The standard InChI is InChI=1S/C20H28N2O3/c1-14(15-8-6-5-7-9-15)22-11-19-10-16(19)24-13-20(19,12-22)21-17(23)25-18(2,3)4/h5-9,14,16H,10-13H2,1-4H3,(H,21,23)/t14-,16?,19?,20+/m1/s1. The van der Waals surface area contributed by atoms with Crippen LogP contribution in [0, 0.1) is 5.41 Å². The molecule has 1 aromatic carbocycles. The van der Waals surface area contributed by atoms with Crippen molar-refractivity contribution >= 4 is 6.09 Å². The van der Waals surface area contributed by atoms with Crippen molar-refractivity contribution in [2.75, 3.05) is 19.7 Å². The zero-order valence-corrected chi connectivity index (χ0v) is 15.5. The van der Waals surface area contributed by atoms with Gasteiger partial charge in [0.2, 0.25) is 0 Å². The van der Waals surface area contributed by atoms with Gasteiger partial charge >= 0.3 is 6.09 Å². The molecule has 1 N–H and O–H groups in total. The zero-order valence-electron chi connectivity index (χ0n) is 15.5. The molecular weight excluding hydrogens is 316 g/mol. The number of alkyl carbamates (subject to hydrolysis) is 1. The molecule has 5 heteroatoms. The number of ether oxygens (including phenoxy) is 2. The van der Waals surface area contributed by atoms with Crippen molar-refractivity contribution in [1.82, 2.24) is 10.2 Å². The summed E-state index contributed by atoms with van der Waals surface area (Å²) in [6, 6.07) is 10.9. The van der Waals surface area contributed by atoms with Gasteiger partial charge in [0.25, 0.3) is 0 Å². The molecule has 3 fully saturated rings. The summed E-state index contributed by atoms with van der Waals surface area (Å²) in [5.41, 5.74) is 0.534. The second-order valence-corrected chi connectivity index (χ2v) is 8.86. The Morgan fingerprint density at radius 3 is 2.68 bits per heavy atom. The van der Waals surface area contributed by atoms with E-state index in [0.29, 0.717) is 12.6 Å². The van der Waals surface area contributed by atoms with Crippen LogP contribution in [0.5, 0.6) is 0 Å². The summed E-state index contributed by atoms with van der Waals surface area (Å²) >= 11 is 0. The quantitative estimate of drug-likeness (QED) is 0.915. The van der Waals surface area contributed by atoms with E-state index in [4.69, 9.17) is 9.47 Å². The van der Waals surface area contributed by atoms with Gasteiger partial charge in [-0.3, -0.25) is 4.90 Å². The molecule has 2 unspecified atom stereocenters. The van der Waals surface area contributed by atoms with Crippen LogP contribution in [0.1, 0.15) is 45.7 Å². The summed E-state index contributed by atoms with van der Waals surface area (Å²) in [7, 11) is 0. The number of nitrogens with zero attached hydrogens (tertiary/aromatic N) is 1. The maximum atomic E-state index is 12.5. The SMILES string of the molecule is C[C@H](c1ccccc1)N1CC23CC2OC[C@@]3(NC(=O)OC(C)(C)C)C1. The van der Waals surface area contributed by atoms with Crippen LogP contribution in [0.15, 0.2) is 30.3 Å². The molecule has 136 valence electrons. The first-order valence-corrected chi connectivity index (χ1v) is 9.17. The fourth-order valence-corrected chi connectivity index (χ4v) is 4.58. The third kappa shape index (κ3) is 2.74. The zero-order chi connectivity index (χ0) is 17.9. The molecule has 2 aliphatic heterocycles. The van der Waals surface area contributed by atoms with Crippen LogP contribution in [0.3, 0.4) is 0 Å². The molecule has 5 nitrogen and oxygen atoms in total. The Labute approximate surface area is 149 Å². The number of benzene rings is 1. The summed E-state index contributed by atoms with van der Waals surface area (Å²) in [6.45, 7) is 10.3. The lowest BCUT2D eigenvalue weighted by Gasteiger charge is -2.33. The smallest absolute Gasteiger partial charge is 0.408 e. The number of carbonyl (C=O) groups excluding carboxylic acids is 1. The van der Waals surface area contributed by atoms with Gasteiger partial charge in [-0.1, -0.05) is 30.3 Å². The highest BCUT2D eigenvalue weighted by molar-refractivity contribution is 5.70. The molecule has 1 amide bonds. The van der Waals surface area contributed by atoms with Crippen molar-refractivity contribution in [2.24, 2.45) is 5.41 Å². The second-order valence-electron chi connectivity index (χ2n) is 8.86. The summed E-state index contributed by atoms with van der Waals surface area (Å²) in [4.78, 5) is 14.9. The van der Waals surface area contributed by atoms with Crippen LogP contribution in [-0.4, -0.2) is 47.9 Å². The first-order chi connectivity index (χ1) is 11.7. The minimum atomic E-state index is -0.494. The molecular formula is C20H28N2O3. The Hall–Kier alpha value is -1.59. The van der Waals surface area contributed by atoms with Gasteiger partial charge in [0, 0.05) is 24.5 Å². The van der Waals surface area contributed by atoms with Crippen LogP contribution in [0.25, 0.3) is 0 Å². The lowest BCUT2D eigenvalue weighted by atomic mass is 9.86. The maximum absolute atomic E-state index is 12.5. The minimum Gasteiger partial charge on any atom is -0.444 e. The van der Waals surface area contributed by atoms with Crippen LogP contribution < -0.4 is 5.32 Å². The Balaban J connectivity index is 1.53. The number of hydrogen-bond donors (Lipinski definition) is 1. The maximum Gasteiger partial charge on any atom is 0.408 e. The van der Waals surface area contributed by atoms with E-state index in [9.17, 15) is 4.79 Å². The van der Waals surface area contributed by atoms with Gasteiger partial charge in [-0.15, -0.1) is 0 Å². The summed E-state index contributed by atoms with van der Waals surface area (Å²) in [5.74, 6) is 0. The molecule has 2 saturated heterocycles. The van der Waals surface area contributed by atoms with Crippen molar-refractivity contribution < 1.29 is 14.3 Å². The van der Waals surface area contributed by atoms with E-state index >= 15 is 0 Å². The topological polar surface area (TPSA) is 50.8 Å². The lowest BCUT2D eigenvalue weighted by Crippen LogP contribution is -2.57. The fraction of sp³-hybridized carbons (Fsp3) is 0.650. The van der Waals surface area contributed by atoms with E-state index in [1.54, 1.807) is 0 Å². The highest BCUT2D eigenvalue weighted by Crippen LogP contribution is 2.65. The number of rotatable bonds is 3. The number of amides is 1. The van der Waals surface area contributed by atoms with Crippen LogP contribution in [0.4, 0.5) is 4.79 Å². The Morgan fingerprint density at radius 1 is 1.32 bits per heavy atom. The van der Waals surface area contributed by atoms with Gasteiger partial charge in [0.1, 0.15) is 5.60 Å². The molecule has 0 radical (unpaired) electrons. The Morgan fingerprint density at radius 2 is 2.04 bits per heavy atom. The van der Waals surface area contributed by atoms with Crippen molar-refractivity contribution in [3.8, 4) is 0 Å². The van der Waals surface area contributed by atoms with Crippen LogP contribution >= 0.6 is 0 Å². The molecule has 1 saturated carbocycles. The first kappa shape index (κ1) is 16.9.